The quantitative estimate of drug-likeness (QED) is 0.864. The molecular formula is C17H20Cl2N2S. The molecule has 0 aliphatic carbocycles. The van der Waals surface area contributed by atoms with Crippen LogP contribution in [-0.2, 0) is 0 Å². The van der Waals surface area contributed by atoms with Crippen molar-refractivity contribution in [1.82, 2.24) is 5.32 Å². The van der Waals surface area contributed by atoms with Crippen molar-refractivity contribution in [2.75, 3.05) is 31.1 Å². The molecule has 2 aromatic carbocycles. The largest absolute Gasteiger partial charge is 0.368 e. The molecule has 1 N–H and O–H groups in total. The highest BCUT2D eigenvalue weighted by atomic mass is 35.5. The molecule has 0 spiro atoms. The van der Waals surface area contributed by atoms with E-state index in [1.165, 1.54) is 16.1 Å². The van der Waals surface area contributed by atoms with E-state index in [0.717, 1.165) is 36.1 Å². The molecule has 1 aliphatic heterocycles. The molecule has 118 valence electrons. The molecule has 1 heterocycles. The van der Waals surface area contributed by atoms with Gasteiger partial charge in [0, 0.05) is 36.0 Å². The van der Waals surface area contributed by atoms with Crippen LogP contribution in [0.1, 0.15) is 5.56 Å². The molecule has 22 heavy (non-hydrogen) atoms. The summed E-state index contributed by atoms with van der Waals surface area (Å²) in [4.78, 5) is 4.83. The molecule has 0 bridgehead atoms. The minimum atomic E-state index is 0. The van der Waals surface area contributed by atoms with E-state index in [4.69, 9.17) is 11.6 Å². The number of piperazine rings is 1. The van der Waals surface area contributed by atoms with E-state index in [-0.39, 0.29) is 12.4 Å². The van der Waals surface area contributed by atoms with Crippen molar-refractivity contribution in [2.45, 2.75) is 16.7 Å². The van der Waals surface area contributed by atoms with Gasteiger partial charge in [-0.1, -0.05) is 41.6 Å². The van der Waals surface area contributed by atoms with Crippen molar-refractivity contribution in [3.8, 4) is 0 Å². The Hall–Kier alpha value is -0.870. The number of anilines is 1. The van der Waals surface area contributed by atoms with Gasteiger partial charge in [-0.25, -0.2) is 0 Å². The number of nitrogens with one attached hydrogen (secondary N) is 1. The molecular weight excluding hydrogens is 335 g/mol. The standard InChI is InChI=1S/C17H19ClN2S.ClH/c1-13-6-7-16(14(18)12-13)21-17-5-3-2-4-15(17)20-10-8-19-9-11-20;/h2-7,12,19H,8-11H2,1H3;1H. The minimum absolute atomic E-state index is 0. The molecule has 2 aromatic rings. The number of benzene rings is 2. The Morgan fingerprint density at radius 2 is 1.77 bits per heavy atom. The number of halogens is 2. The van der Waals surface area contributed by atoms with E-state index < -0.39 is 0 Å². The third-order valence-corrected chi connectivity index (χ3v) is 5.20. The lowest BCUT2D eigenvalue weighted by molar-refractivity contribution is 0.587. The number of rotatable bonds is 3. The summed E-state index contributed by atoms with van der Waals surface area (Å²) in [6.45, 7) is 6.27. The van der Waals surface area contributed by atoms with Crippen LogP contribution < -0.4 is 10.2 Å². The van der Waals surface area contributed by atoms with Gasteiger partial charge in [-0.05, 0) is 36.8 Å². The van der Waals surface area contributed by atoms with E-state index in [1.807, 2.05) is 6.07 Å². The van der Waals surface area contributed by atoms with E-state index >= 15 is 0 Å². The first kappa shape index (κ1) is 17.5. The molecule has 0 saturated carbocycles. The van der Waals surface area contributed by atoms with Gasteiger partial charge in [0.05, 0.1) is 10.7 Å². The topological polar surface area (TPSA) is 15.3 Å². The van der Waals surface area contributed by atoms with Crippen molar-refractivity contribution in [1.29, 1.82) is 0 Å². The average Bonchev–Trinajstić information content (AvgIpc) is 2.51. The van der Waals surface area contributed by atoms with Crippen LogP contribution in [0.5, 0.6) is 0 Å². The van der Waals surface area contributed by atoms with E-state index in [2.05, 4.69) is 53.5 Å². The third-order valence-electron chi connectivity index (χ3n) is 3.63. The van der Waals surface area contributed by atoms with Crippen LogP contribution >= 0.6 is 35.8 Å². The van der Waals surface area contributed by atoms with E-state index in [9.17, 15) is 0 Å². The zero-order chi connectivity index (χ0) is 14.7. The van der Waals surface area contributed by atoms with Gasteiger partial charge in [-0.15, -0.1) is 12.4 Å². The molecule has 0 radical (unpaired) electrons. The zero-order valence-corrected chi connectivity index (χ0v) is 14.9. The predicted octanol–water partition coefficient (Wildman–Crippen LogP) is 4.63. The van der Waals surface area contributed by atoms with Crippen LogP contribution in [0, 0.1) is 6.92 Å². The third kappa shape index (κ3) is 4.11. The molecule has 3 rings (SSSR count). The summed E-state index contributed by atoms with van der Waals surface area (Å²) < 4.78 is 0. The summed E-state index contributed by atoms with van der Waals surface area (Å²) >= 11 is 8.12. The fourth-order valence-corrected chi connectivity index (χ4v) is 3.85. The fraction of sp³-hybridized carbons (Fsp3) is 0.294. The van der Waals surface area contributed by atoms with Gasteiger partial charge in [0.2, 0.25) is 0 Å². The maximum atomic E-state index is 6.37. The summed E-state index contributed by atoms with van der Waals surface area (Å²) in [5, 5.41) is 4.23. The first-order chi connectivity index (χ1) is 10.2. The van der Waals surface area contributed by atoms with Gasteiger partial charge >= 0.3 is 0 Å². The minimum Gasteiger partial charge on any atom is -0.368 e. The van der Waals surface area contributed by atoms with Crippen LogP contribution in [0.15, 0.2) is 52.3 Å². The highest BCUT2D eigenvalue weighted by Crippen LogP contribution is 2.38. The van der Waals surface area contributed by atoms with Crippen molar-refractivity contribution >= 4 is 41.5 Å². The van der Waals surface area contributed by atoms with E-state index in [1.54, 1.807) is 11.8 Å². The number of nitrogens with zero attached hydrogens (tertiary/aromatic N) is 1. The first-order valence-corrected chi connectivity index (χ1v) is 8.42. The average molecular weight is 355 g/mol. The molecule has 0 amide bonds. The highest BCUT2D eigenvalue weighted by Gasteiger charge is 2.15. The molecule has 0 unspecified atom stereocenters. The summed E-state index contributed by atoms with van der Waals surface area (Å²) in [5.74, 6) is 0. The Morgan fingerprint density at radius 1 is 1.05 bits per heavy atom. The van der Waals surface area contributed by atoms with E-state index in [0.29, 0.717) is 0 Å². The maximum Gasteiger partial charge on any atom is 0.0548 e. The van der Waals surface area contributed by atoms with Gasteiger partial charge < -0.3 is 10.2 Å². The second-order valence-corrected chi connectivity index (χ2v) is 6.73. The molecule has 0 aromatic heterocycles. The molecule has 5 heteroatoms. The van der Waals surface area contributed by atoms with Crippen LogP contribution in [0.4, 0.5) is 5.69 Å². The summed E-state index contributed by atoms with van der Waals surface area (Å²) in [6.07, 6.45) is 0. The highest BCUT2D eigenvalue weighted by molar-refractivity contribution is 7.99. The zero-order valence-electron chi connectivity index (χ0n) is 12.5. The van der Waals surface area contributed by atoms with Crippen LogP contribution in [0.25, 0.3) is 0 Å². The van der Waals surface area contributed by atoms with Crippen LogP contribution in [0.3, 0.4) is 0 Å². The van der Waals surface area contributed by atoms with Gasteiger partial charge in [-0.2, -0.15) is 0 Å². The second-order valence-electron chi connectivity index (χ2n) is 5.24. The molecule has 1 fully saturated rings. The monoisotopic (exact) mass is 354 g/mol. The predicted molar refractivity (Wildman–Crippen MR) is 99.1 cm³/mol. The molecule has 1 aliphatic rings. The number of hydrogen-bond donors (Lipinski definition) is 1. The van der Waals surface area contributed by atoms with Crippen LogP contribution in [-0.4, -0.2) is 26.2 Å². The van der Waals surface area contributed by atoms with Crippen LogP contribution in [0.2, 0.25) is 5.02 Å². The summed E-state index contributed by atoms with van der Waals surface area (Å²) in [7, 11) is 0. The maximum absolute atomic E-state index is 6.37. The Labute approximate surface area is 147 Å². The Morgan fingerprint density at radius 3 is 2.50 bits per heavy atom. The Bertz CT molecular complexity index is 628. The Kier molecular flexibility index (Phi) is 6.45. The SMILES string of the molecule is Cc1ccc(Sc2ccccc2N2CCNCC2)c(Cl)c1.Cl. The van der Waals surface area contributed by atoms with Gasteiger partial charge in [0.25, 0.3) is 0 Å². The second kappa shape index (κ2) is 8.11. The van der Waals surface area contributed by atoms with Gasteiger partial charge in [0.15, 0.2) is 0 Å². The number of aryl methyl sites for hydroxylation is 1. The summed E-state index contributed by atoms with van der Waals surface area (Å²) in [6, 6.07) is 14.8. The Balaban J connectivity index is 0.00000176. The lowest BCUT2D eigenvalue weighted by Crippen LogP contribution is -2.43. The lowest BCUT2D eigenvalue weighted by Gasteiger charge is -2.31. The lowest BCUT2D eigenvalue weighted by atomic mass is 10.2. The van der Waals surface area contributed by atoms with Gasteiger partial charge in [-0.3, -0.25) is 0 Å². The summed E-state index contributed by atoms with van der Waals surface area (Å²) in [5.41, 5.74) is 2.50. The fourth-order valence-electron chi connectivity index (χ4n) is 2.52. The van der Waals surface area contributed by atoms with Crippen molar-refractivity contribution in [2.24, 2.45) is 0 Å². The first-order valence-electron chi connectivity index (χ1n) is 7.23. The molecule has 2 nitrogen and oxygen atoms in total. The number of para-hydroxylation sites is 1. The van der Waals surface area contributed by atoms with Crippen molar-refractivity contribution in [3.63, 3.8) is 0 Å². The van der Waals surface area contributed by atoms with Gasteiger partial charge in [0.1, 0.15) is 0 Å². The smallest absolute Gasteiger partial charge is 0.0548 e. The normalized spacial score (nSPS) is 14.5. The molecule has 1 saturated heterocycles. The van der Waals surface area contributed by atoms with Crippen molar-refractivity contribution < 1.29 is 0 Å². The van der Waals surface area contributed by atoms with Crippen molar-refractivity contribution in [3.05, 3.63) is 53.1 Å². The number of hydrogen-bond acceptors (Lipinski definition) is 3. The molecule has 0 atom stereocenters.